The first-order valence-corrected chi connectivity index (χ1v) is 11.3. The summed E-state index contributed by atoms with van der Waals surface area (Å²) in [4.78, 5) is 14.8. The van der Waals surface area contributed by atoms with E-state index in [9.17, 15) is 4.79 Å². The molecule has 0 spiro atoms. The number of methoxy groups -OCH3 is 1. The van der Waals surface area contributed by atoms with Crippen molar-refractivity contribution in [3.63, 3.8) is 0 Å². The monoisotopic (exact) mass is 436 g/mol. The highest BCUT2D eigenvalue weighted by atomic mass is 16.5. The molecule has 1 N–H and O–H groups in total. The number of fused-ring (bicyclic) bond motifs is 1. The van der Waals surface area contributed by atoms with Gasteiger partial charge < -0.3 is 15.0 Å². The lowest BCUT2D eigenvalue weighted by atomic mass is 9.95. The number of hydrogen-bond acceptors (Lipinski definition) is 6. The van der Waals surface area contributed by atoms with Gasteiger partial charge in [-0.2, -0.15) is 10.2 Å². The third-order valence-corrected chi connectivity index (χ3v) is 6.47. The van der Waals surface area contributed by atoms with Gasteiger partial charge in [-0.05, 0) is 64.3 Å². The van der Waals surface area contributed by atoms with Crippen molar-refractivity contribution < 1.29 is 9.53 Å². The zero-order chi connectivity index (χ0) is 22.8. The average Bonchev–Trinajstić information content (AvgIpc) is 3.17. The molecular weight excluding hydrogens is 404 g/mol. The molecule has 3 heterocycles. The maximum Gasteiger partial charge on any atom is 0.223 e. The smallest absolute Gasteiger partial charge is 0.223 e. The molecule has 1 aromatic carbocycles. The largest absolute Gasteiger partial charge is 0.497 e. The molecule has 1 aliphatic heterocycles. The van der Waals surface area contributed by atoms with Gasteiger partial charge in [-0.1, -0.05) is 6.92 Å². The number of rotatable bonds is 6. The minimum absolute atomic E-state index is 0.0488. The lowest BCUT2D eigenvalue weighted by molar-refractivity contribution is -0.126. The molecule has 2 aromatic heterocycles. The van der Waals surface area contributed by atoms with Crippen molar-refractivity contribution in [3.05, 3.63) is 35.7 Å². The fraction of sp³-hybridized carbons (Fsp3) is 0.500. The van der Waals surface area contributed by atoms with Gasteiger partial charge in [-0.25, -0.2) is 4.68 Å². The second kappa shape index (κ2) is 9.14. The van der Waals surface area contributed by atoms with Gasteiger partial charge in [-0.15, -0.1) is 5.10 Å². The van der Waals surface area contributed by atoms with Gasteiger partial charge in [0, 0.05) is 25.0 Å². The van der Waals surface area contributed by atoms with E-state index in [2.05, 4.69) is 34.3 Å². The number of hydrogen-bond donors (Lipinski definition) is 1. The van der Waals surface area contributed by atoms with E-state index in [1.54, 1.807) is 7.11 Å². The fourth-order valence-electron chi connectivity index (χ4n) is 4.32. The van der Waals surface area contributed by atoms with Crippen LogP contribution in [0.4, 0.5) is 5.82 Å². The number of nitrogens with zero attached hydrogens (tertiary/aromatic N) is 5. The van der Waals surface area contributed by atoms with Gasteiger partial charge in [-0.3, -0.25) is 4.79 Å². The van der Waals surface area contributed by atoms with Gasteiger partial charge in [0.2, 0.25) is 5.91 Å². The molecule has 0 bridgehead atoms. The molecule has 1 saturated heterocycles. The van der Waals surface area contributed by atoms with E-state index in [1.807, 2.05) is 42.8 Å². The first-order chi connectivity index (χ1) is 15.4. The van der Waals surface area contributed by atoms with Gasteiger partial charge in [0.15, 0.2) is 5.82 Å². The van der Waals surface area contributed by atoms with E-state index in [4.69, 9.17) is 9.84 Å². The van der Waals surface area contributed by atoms with Crippen molar-refractivity contribution in [3.8, 4) is 11.4 Å². The highest BCUT2D eigenvalue weighted by Crippen LogP contribution is 2.31. The van der Waals surface area contributed by atoms with Crippen molar-refractivity contribution in [2.45, 2.75) is 53.0 Å². The molecule has 170 valence electrons. The standard InChI is InChI=1S/C24H32N6O2/c1-6-15(2)25-24(31)18-11-13-29(14-12-18)23-22-21(16(3)26-27-23)17(4)30(28-22)19-7-9-20(32-5)10-8-19/h7-10,15,18H,6,11-14H2,1-5H3,(H,25,31). The third-order valence-electron chi connectivity index (χ3n) is 6.47. The van der Waals surface area contributed by atoms with Gasteiger partial charge >= 0.3 is 0 Å². The molecule has 1 unspecified atom stereocenters. The predicted octanol–water partition coefficient (Wildman–Crippen LogP) is 3.57. The quantitative estimate of drug-likeness (QED) is 0.636. The SMILES string of the molecule is CCC(C)NC(=O)C1CCN(c2nnc(C)c3c(C)n(-c4ccc(OC)cc4)nc23)CC1. The Balaban J connectivity index is 1.60. The highest BCUT2D eigenvalue weighted by Gasteiger charge is 2.28. The van der Waals surface area contributed by atoms with Crippen LogP contribution in [0.5, 0.6) is 5.75 Å². The van der Waals surface area contributed by atoms with Crippen LogP contribution in [0.1, 0.15) is 44.5 Å². The van der Waals surface area contributed by atoms with E-state index in [0.717, 1.165) is 71.9 Å². The molecule has 1 aliphatic rings. The number of piperidine rings is 1. The molecule has 1 atom stereocenters. The number of aromatic nitrogens is 4. The Labute approximate surface area is 189 Å². The first-order valence-electron chi connectivity index (χ1n) is 11.3. The maximum absolute atomic E-state index is 12.5. The van der Waals surface area contributed by atoms with Crippen LogP contribution in [0.15, 0.2) is 24.3 Å². The van der Waals surface area contributed by atoms with Crippen molar-refractivity contribution in [2.24, 2.45) is 5.92 Å². The molecule has 0 saturated carbocycles. The summed E-state index contributed by atoms with van der Waals surface area (Å²) in [5.74, 6) is 1.82. The molecule has 32 heavy (non-hydrogen) atoms. The summed E-state index contributed by atoms with van der Waals surface area (Å²) in [5.41, 5.74) is 3.71. The van der Waals surface area contributed by atoms with Crippen LogP contribution in [-0.2, 0) is 4.79 Å². The summed E-state index contributed by atoms with van der Waals surface area (Å²) in [6.45, 7) is 9.69. The number of anilines is 1. The minimum atomic E-state index is 0.0488. The molecule has 8 heteroatoms. The lowest BCUT2D eigenvalue weighted by Gasteiger charge is -2.32. The van der Waals surface area contributed by atoms with E-state index < -0.39 is 0 Å². The Morgan fingerprint density at radius 3 is 2.50 bits per heavy atom. The topological polar surface area (TPSA) is 85.2 Å². The van der Waals surface area contributed by atoms with Crippen molar-refractivity contribution in [1.82, 2.24) is 25.3 Å². The van der Waals surface area contributed by atoms with E-state index in [0.29, 0.717) is 0 Å². The average molecular weight is 437 g/mol. The minimum Gasteiger partial charge on any atom is -0.497 e. The molecule has 0 aliphatic carbocycles. The normalized spacial score (nSPS) is 15.7. The summed E-state index contributed by atoms with van der Waals surface area (Å²) >= 11 is 0. The molecule has 0 radical (unpaired) electrons. The van der Waals surface area contributed by atoms with Crippen LogP contribution in [0.2, 0.25) is 0 Å². The first kappa shape index (κ1) is 22.0. The van der Waals surface area contributed by atoms with Gasteiger partial charge in [0.25, 0.3) is 0 Å². The van der Waals surface area contributed by atoms with E-state index >= 15 is 0 Å². The zero-order valence-corrected chi connectivity index (χ0v) is 19.6. The van der Waals surface area contributed by atoms with E-state index in [1.165, 1.54) is 0 Å². The number of carbonyl (C=O) groups excluding carboxylic acids is 1. The second-order valence-electron chi connectivity index (χ2n) is 8.61. The lowest BCUT2D eigenvalue weighted by Crippen LogP contribution is -2.43. The fourth-order valence-corrected chi connectivity index (χ4v) is 4.32. The number of ether oxygens (including phenoxy) is 1. The summed E-state index contributed by atoms with van der Waals surface area (Å²) in [7, 11) is 1.66. The van der Waals surface area contributed by atoms with Crippen LogP contribution in [0, 0.1) is 19.8 Å². The van der Waals surface area contributed by atoms with E-state index in [-0.39, 0.29) is 17.9 Å². The van der Waals surface area contributed by atoms with Gasteiger partial charge in [0.1, 0.15) is 11.3 Å². The zero-order valence-electron chi connectivity index (χ0n) is 19.6. The Bertz CT molecular complexity index is 1100. The molecule has 8 nitrogen and oxygen atoms in total. The van der Waals surface area contributed by atoms with Crippen molar-refractivity contribution >= 4 is 22.6 Å². The Hall–Kier alpha value is -3.16. The number of benzene rings is 1. The van der Waals surface area contributed by atoms with Crippen LogP contribution in [0.3, 0.4) is 0 Å². The highest BCUT2D eigenvalue weighted by molar-refractivity contribution is 5.92. The van der Waals surface area contributed by atoms with Crippen LogP contribution < -0.4 is 15.0 Å². The van der Waals surface area contributed by atoms with Crippen LogP contribution in [0.25, 0.3) is 16.6 Å². The van der Waals surface area contributed by atoms with Crippen molar-refractivity contribution in [2.75, 3.05) is 25.1 Å². The van der Waals surface area contributed by atoms with Gasteiger partial charge in [0.05, 0.1) is 29.6 Å². The maximum atomic E-state index is 12.5. The summed E-state index contributed by atoms with van der Waals surface area (Å²) in [6, 6.07) is 8.07. The molecule has 1 amide bonds. The summed E-state index contributed by atoms with van der Waals surface area (Å²) in [5, 5.41) is 18.0. The molecule has 4 rings (SSSR count). The third kappa shape index (κ3) is 4.13. The molecular formula is C24H32N6O2. The number of carbonyl (C=O) groups is 1. The number of amides is 1. The Morgan fingerprint density at radius 1 is 1.19 bits per heavy atom. The molecule has 3 aromatic rings. The predicted molar refractivity (Wildman–Crippen MR) is 126 cm³/mol. The van der Waals surface area contributed by atoms with Crippen LogP contribution in [-0.4, -0.2) is 52.1 Å². The Kier molecular flexibility index (Phi) is 6.30. The van der Waals surface area contributed by atoms with Crippen molar-refractivity contribution in [1.29, 1.82) is 0 Å². The second-order valence-corrected chi connectivity index (χ2v) is 8.61. The Morgan fingerprint density at radius 2 is 1.88 bits per heavy atom. The summed E-state index contributed by atoms with van der Waals surface area (Å²) in [6.07, 6.45) is 2.55. The van der Waals surface area contributed by atoms with Crippen LogP contribution >= 0.6 is 0 Å². The number of aryl methyl sites for hydroxylation is 2. The molecule has 1 fully saturated rings. The number of nitrogens with one attached hydrogen (secondary N) is 1. The summed E-state index contributed by atoms with van der Waals surface area (Å²) < 4.78 is 7.22.